The van der Waals surface area contributed by atoms with Crippen LogP contribution in [-0.2, 0) is 32.2 Å². The molecule has 6 nitrogen and oxygen atoms in total. The van der Waals surface area contributed by atoms with Gasteiger partial charge in [-0.3, -0.25) is 9.59 Å². The van der Waals surface area contributed by atoms with Crippen LogP contribution in [-0.4, -0.2) is 24.8 Å². The Labute approximate surface area is 312 Å². The highest BCUT2D eigenvalue weighted by Gasteiger charge is 2.16. The van der Waals surface area contributed by atoms with E-state index in [1.165, 1.54) is 0 Å². The van der Waals surface area contributed by atoms with Crippen molar-refractivity contribution in [2.24, 2.45) is 0 Å². The molecule has 6 aromatic rings. The number of ether oxygens (including phenoxy) is 4. The van der Waals surface area contributed by atoms with Crippen molar-refractivity contribution < 1.29 is 28.5 Å². The molecule has 0 spiro atoms. The zero-order chi connectivity index (χ0) is 36.5. The molecule has 0 N–H and O–H groups in total. The summed E-state index contributed by atoms with van der Waals surface area (Å²) in [4.78, 5) is 25.6. The molecule has 268 valence electrons. The fourth-order valence-corrected chi connectivity index (χ4v) is 5.82. The van der Waals surface area contributed by atoms with Crippen LogP contribution in [0.2, 0.25) is 0 Å². The topological polar surface area (TPSA) is 71.1 Å². The van der Waals surface area contributed by atoms with Gasteiger partial charge in [0.25, 0.3) is 0 Å². The van der Waals surface area contributed by atoms with Gasteiger partial charge in [0.1, 0.15) is 0 Å². The van der Waals surface area contributed by atoms with Crippen LogP contribution in [0.15, 0.2) is 170 Å². The summed E-state index contributed by atoms with van der Waals surface area (Å²) in [5.74, 6) is -0.00501. The lowest BCUT2D eigenvalue weighted by atomic mass is 10.0. The van der Waals surface area contributed by atoms with Crippen molar-refractivity contribution in [3.8, 4) is 0 Å². The summed E-state index contributed by atoms with van der Waals surface area (Å²) in [7, 11) is 0. The summed E-state index contributed by atoms with van der Waals surface area (Å²) < 4.78 is 25.0. The average molecular weight is 705 g/mol. The molecule has 0 aromatic heterocycles. The Morgan fingerprint density at radius 3 is 1.04 bits per heavy atom. The molecule has 0 bridgehead atoms. The first kappa shape index (κ1) is 37.3. The maximum atomic E-state index is 12.8. The third-order valence-corrected chi connectivity index (χ3v) is 8.78. The monoisotopic (exact) mass is 704 g/mol. The van der Waals surface area contributed by atoms with Crippen LogP contribution in [0.3, 0.4) is 0 Å². The van der Waals surface area contributed by atoms with Gasteiger partial charge in [-0.1, -0.05) is 170 Å². The predicted octanol–water partition coefficient (Wildman–Crippen LogP) is 10.5. The van der Waals surface area contributed by atoms with E-state index < -0.39 is 12.6 Å². The first-order chi connectivity index (χ1) is 26.1. The summed E-state index contributed by atoms with van der Waals surface area (Å²) in [6, 6.07) is 53.5. The second kappa shape index (κ2) is 19.9. The second-order valence-electron chi connectivity index (χ2n) is 12.7. The van der Waals surface area contributed by atoms with Crippen molar-refractivity contribution in [2.75, 3.05) is 13.2 Å². The van der Waals surface area contributed by atoms with Gasteiger partial charge in [0, 0.05) is 33.4 Å². The largest absolute Gasteiger partial charge is 0.348 e. The highest BCUT2D eigenvalue weighted by Crippen LogP contribution is 2.24. The Hall–Kier alpha value is -5.50. The molecule has 0 aliphatic rings. The number of carbonyl (C=O) groups is 2. The van der Waals surface area contributed by atoms with E-state index in [1.54, 1.807) is 0 Å². The molecule has 6 aromatic carbocycles. The molecular formula is C47H44O6. The summed E-state index contributed by atoms with van der Waals surface area (Å²) in [6.07, 6.45) is 1.57. The molecular weight excluding hydrogens is 661 g/mol. The lowest BCUT2D eigenvalue weighted by Gasteiger charge is -2.20. The highest BCUT2D eigenvalue weighted by atomic mass is 16.7. The van der Waals surface area contributed by atoms with E-state index >= 15 is 0 Å². The van der Waals surface area contributed by atoms with E-state index in [1.807, 2.05) is 170 Å². The number of rotatable bonds is 20. The molecule has 2 unspecified atom stereocenters. The maximum absolute atomic E-state index is 12.8. The van der Waals surface area contributed by atoms with Crippen LogP contribution in [0, 0.1) is 0 Å². The smallest absolute Gasteiger partial charge is 0.193 e. The Kier molecular flexibility index (Phi) is 14.0. The summed E-state index contributed by atoms with van der Waals surface area (Å²) >= 11 is 0. The number of hydrogen-bond donors (Lipinski definition) is 0. The van der Waals surface area contributed by atoms with Crippen LogP contribution in [0.5, 0.6) is 0 Å². The van der Waals surface area contributed by atoms with E-state index in [0.29, 0.717) is 48.7 Å². The Morgan fingerprint density at radius 2 is 0.679 bits per heavy atom. The molecule has 0 heterocycles. The molecule has 6 rings (SSSR count). The van der Waals surface area contributed by atoms with Crippen LogP contribution in [0.4, 0.5) is 0 Å². The van der Waals surface area contributed by atoms with E-state index in [-0.39, 0.29) is 11.6 Å². The number of benzene rings is 6. The maximum Gasteiger partial charge on any atom is 0.193 e. The molecule has 0 radical (unpaired) electrons. The Balaban J connectivity index is 0.945. The molecule has 2 atom stereocenters. The third-order valence-electron chi connectivity index (χ3n) is 8.78. The number of ketones is 2. The van der Waals surface area contributed by atoms with Gasteiger partial charge in [0.15, 0.2) is 24.1 Å². The SMILES string of the molecule is O=C(c1ccccc1)c1ccc(COC(OCCCCCOC(OCc2ccc(C(=O)c3ccccc3)cc2)c2ccccc2)c2ccccc2)cc1. The molecule has 0 aliphatic heterocycles. The number of hydrogen-bond acceptors (Lipinski definition) is 6. The average Bonchev–Trinajstić information content (AvgIpc) is 3.23. The first-order valence-corrected chi connectivity index (χ1v) is 18.1. The third kappa shape index (κ3) is 11.2. The van der Waals surface area contributed by atoms with Crippen LogP contribution in [0.25, 0.3) is 0 Å². The zero-order valence-corrected chi connectivity index (χ0v) is 29.7. The van der Waals surface area contributed by atoms with Crippen LogP contribution >= 0.6 is 0 Å². The van der Waals surface area contributed by atoms with Crippen LogP contribution < -0.4 is 0 Å². The van der Waals surface area contributed by atoms with E-state index in [9.17, 15) is 9.59 Å². The van der Waals surface area contributed by atoms with Gasteiger partial charge in [-0.15, -0.1) is 0 Å². The molecule has 0 amide bonds. The normalized spacial score (nSPS) is 12.2. The Morgan fingerprint density at radius 1 is 0.358 bits per heavy atom. The zero-order valence-electron chi connectivity index (χ0n) is 29.7. The van der Waals surface area contributed by atoms with Crippen LogP contribution in [0.1, 0.15) is 85.9 Å². The molecule has 0 fully saturated rings. The van der Waals surface area contributed by atoms with Gasteiger partial charge in [-0.05, 0) is 30.4 Å². The van der Waals surface area contributed by atoms with Crippen molar-refractivity contribution in [1.29, 1.82) is 0 Å². The summed E-state index contributed by atoms with van der Waals surface area (Å²) in [6.45, 7) is 1.77. The van der Waals surface area contributed by atoms with Crippen molar-refractivity contribution in [3.63, 3.8) is 0 Å². The quantitative estimate of drug-likeness (QED) is 0.0448. The van der Waals surface area contributed by atoms with Crippen molar-refractivity contribution in [2.45, 2.75) is 45.1 Å². The second-order valence-corrected chi connectivity index (χ2v) is 12.7. The highest BCUT2D eigenvalue weighted by molar-refractivity contribution is 6.09. The van der Waals surface area contributed by atoms with Gasteiger partial charge in [0.2, 0.25) is 0 Å². The van der Waals surface area contributed by atoms with Gasteiger partial charge in [0.05, 0.1) is 26.4 Å². The van der Waals surface area contributed by atoms with Crippen molar-refractivity contribution in [3.05, 3.63) is 214 Å². The van der Waals surface area contributed by atoms with Gasteiger partial charge in [-0.25, -0.2) is 0 Å². The number of carbonyl (C=O) groups excluding carboxylic acids is 2. The number of unbranched alkanes of at least 4 members (excludes halogenated alkanes) is 2. The fourth-order valence-electron chi connectivity index (χ4n) is 5.82. The van der Waals surface area contributed by atoms with E-state index in [4.69, 9.17) is 18.9 Å². The lowest BCUT2D eigenvalue weighted by molar-refractivity contribution is -0.158. The predicted molar refractivity (Wildman–Crippen MR) is 206 cm³/mol. The standard InChI is InChI=1S/C47H44O6/c48-44(38-16-6-1-7-17-38)40-28-24-36(25-29-40)34-52-46(42-20-10-3-11-21-42)50-32-14-5-15-33-51-47(43-22-12-4-13-23-43)53-35-37-26-30-41(31-27-37)45(49)39-18-8-2-9-19-39/h1-4,6-13,16-31,46-47H,5,14-15,32-35H2. The Bertz CT molecular complexity index is 1820. The molecule has 6 heteroatoms. The first-order valence-electron chi connectivity index (χ1n) is 18.1. The lowest BCUT2D eigenvalue weighted by Crippen LogP contribution is -2.11. The summed E-state index contributed by atoms with van der Waals surface area (Å²) in [5, 5.41) is 0. The van der Waals surface area contributed by atoms with Crippen molar-refractivity contribution >= 4 is 11.6 Å². The van der Waals surface area contributed by atoms with Gasteiger partial charge >= 0.3 is 0 Å². The molecule has 0 aliphatic carbocycles. The van der Waals surface area contributed by atoms with E-state index in [2.05, 4.69) is 0 Å². The minimum atomic E-state index is -0.514. The summed E-state index contributed by atoms with van der Waals surface area (Å²) in [5.41, 5.74) is 6.44. The van der Waals surface area contributed by atoms with Gasteiger partial charge < -0.3 is 18.9 Å². The molecule has 0 saturated carbocycles. The molecule has 0 saturated heterocycles. The molecule has 53 heavy (non-hydrogen) atoms. The minimum Gasteiger partial charge on any atom is -0.348 e. The van der Waals surface area contributed by atoms with Gasteiger partial charge in [-0.2, -0.15) is 0 Å². The van der Waals surface area contributed by atoms with Crippen molar-refractivity contribution in [1.82, 2.24) is 0 Å². The fraction of sp³-hybridized carbons (Fsp3) is 0.191. The minimum absolute atomic E-state index is 0.00251. The van der Waals surface area contributed by atoms with E-state index in [0.717, 1.165) is 41.5 Å².